The van der Waals surface area contributed by atoms with Gasteiger partial charge >= 0.3 is 5.97 Å². The van der Waals surface area contributed by atoms with Crippen molar-refractivity contribution in [1.82, 2.24) is 19.9 Å². The van der Waals surface area contributed by atoms with Crippen molar-refractivity contribution >= 4 is 23.5 Å². The molecule has 0 aliphatic carbocycles. The van der Waals surface area contributed by atoms with Crippen molar-refractivity contribution in [1.29, 1.82) is 0 Å². The van der Waals surface area contributed by atoms with E-state index in [1.54, 1.807) is 30.3 Å². The number of likely N-dealkylation sites (tertiary alicyclic amines) is 1. The normalized spacial score (nSPS) is 19.2. The van der Waals surface area contributed by atoms with Gasteiger partial charge < -0.3 is 14.4 Å². The number of halogens is 1. The molecule has 2 heterocycles. The van der Waals surface area contributed by atoms with E-state index < -0.39 is 5.97 Å². The van der Waals surface area contributed by atoms with Gasteiger partial charge in [0.05, 0.1) is 35.8 Å². The Balaban J connectivity index is 1.76. The molecule has 1 amide bonds. The van der Waals surface area contributed by atoms with E-state index in [4.69, 9.17) is 21.1 Å². The second-order valence-corrected chi connectivity index (χ2v) is 7.95. The number of amides is 1. The molecular weight excluding hydrogens is 432 g/mol. The summed E-state index contributed by atoms with van der Waals surface area (Å²) in [6.07, 6.45) is 4.70. The van der Waals surface area contributed by atoms with Crippen LogP contribution < -0.4 is 0 Å². The summed E-state index contributed by atoms with van der Waals surface area (Å²) in [5.41, 5.74) is 1.30. The van der Waals surface area contributed by atoms with Crippen LogP contribution in [0, 0.1) is 5.92 Å². The van der Waals surface area contributed by atoms with Gasteiger partial charge in [-0.25, -0.2) is 4.79 Å². The number of hydrogen-bond donors (Lipinski definition) is 0. The number of carbonyl (C=O) groups excluding carboxylic acids is 2. The molecule has 8 nitrogen and oxygen atoms in total. The highest BCUT2D eigenvalue weighted by molar-refractivity contribution is 6.30. The molecule has 0 N–H and O–H groups in total. The fraction of sp³-hybridized carbons (Fsp3) is 0.391. The van der Waals surface area contributed by atoms with E-state index in [9.17, 15) is 9.59 Å². The smallest absolute Gasteiger partial charge is 0.338 e. The van der Waals surface area contributed by atoms with Crippen LogP contribution in [0.5, 0.6) is 0 Å². The maximum Gasteiger partial charge on any atom is 0.338 e. The van der Waals surface area contributed by atoms with E-state index in [2.05, 4.69) is 16.8 Å². The minimum atomic E-state index is -0.539. The molecule has 1 aromatic carbocycles. The van der Waals surface area contributed by atoms with Crippen molar-refractivity contribution in [3.63, 3.8) is 0 Å². The summed E-state index contributed by atoms with van der Waals surface area (Å²) in [6.45, 7) is 9.93. The largest absolute Gasteiger partial charge is 0.463 e. The summed E-state index contributed by atoms with van der Waals surface area (Å²) >= 11 is 6.18. The van der Waals surface area contributed by atoms with E-state index in [0.29, 0.717) is 23.6 Å². The molecule has 170 valence electrons. The Bertz CT molecular complexity index is 1020. The Morgan fingerprint density at radius 3 is 2.59 bits per heavy atom. The molecule has 0 saturated carbocycles. The SMILES string of the molecule is C=C(O/C(Cl)=C(\C)C(=O)OCC)[C@@H]1CC[C@@H](C)N(C(=O)c2ccccc2-n2nccn2)C1. The molecule has 0 radical (unpaired) electrons. The van der Waals surface area contributed by atoms with Crippen molar-refractivity contribution in [2.24, 2.45) is 5.92 Å². The van der Waals surface area contributed by atoms with Crippen LogP contribution in [0.15, 0.2) is 59.8 Å². The van der Waals surface area contributed by atoms with Gasteiger partial charge in [-0.15, -0.1) is 0 Å². The van der Waals surface area contributed by atoms with Crippen LogP contribution >= 0.6 is 11.6 Å². The van der Waals surface area contributed by atoms with Crippen molar-refractivity contribution in [3.8, 4) is 5.69 Å². The van der Waals surface area contributed by atoms with Crippen LogP contribution in [0.3, 0.4) is 0 Å². The van der Waals surface area contributed by atoms with Crippen LogP contribution in [0.4, 0.5) is 0 Å². The predicted molar refractivity (Wildman–Crippen MR) is 120 cm³/mol. The number of benzene rings is 1. The van der Waals surface area contributed by atoms with E-state index >= 15 is 0 Å². The van der Waals surface area contributed by atoms with Crippen molar-refractivity contribution < 1.29 is 19.1 Å². The second kappa shape index (κ2) is 10.5. The standard InChI is InChI=1S/C23H27ClN4O4/c1-5-31-23(30)16(3)21(24)32-17(4)18-11-10-15(2)27(14-18)22(29)19-8-6-7-9-20(19)28-25-12-13-26-28/h6-9,12-13,15,18H,4-5,10-11,14H2,1-3H3/b21-16+/t15-,18-/m1/s1. The van der Waals surface area contributed by atoms with Crippen molar-refractivity contribution in [3.05, 3.63) is 65.4 Å². The highest BCUT2D eigenvalue weighted by Crippen LogP contribution is 2.31. The highest BCUT2D eigenvalue weighted by atomic mass is 35.5. The zero-order chi connectivity index (χ0) is 23.3. The summed E-state index contributed by atoms with van der Waals surface area (Å²) in [5.74, 6) is -0.380. The molecule has 0 unspecified atom stereocenters. The Labute approximate surface area is 192 Å². The number of carbonyl (C=O) groups is 2. The number of nitrogens with zero attached hydrogens (tertiary/aromatic N) is 4. The van der Waals surface area contributed by atoms with Crippen molar-refractivity contribution in [2.45, 2.75) is 39.7 Å². The molecule has 1 aliphatic rings. The van der Waals surface area contributed by atoms with Crippen LogP contribution in [0.25, 0.3) is 5.69 Å². The quantitative estimate of drug-likeness (QED) is 0.353. The summed E-state index contributed by atoms with van der Waals surface area (Å²) in [6, 6.07) is 7.28. The van der Waals surface area contributed by atoms with Crippen molar-refractivity contribution in [2.75, 3.05) is 13.2 Å². The van der Waals surface area contributed by atoms with E-state index in [1.807, 2.05) is 25.1 Å². The number of aromatic nitrogens is 3. The Hall–Kier alpha value is -3.13. The maximum atomic E-state index is 13.5. The van der Waals surface area contributed by atoms with Gasteiger partial charge in [-0.2, -0.15) is 15.0 Å². The minimum Gasteiger partial charge on any atom is -0.463 e. The predicted octanol–water partition coefficient (Wildman–Crippen LogP) is 4.07. The zero-order valence-corrected chi connectivity index (χ0v) is 19.2. The first kappa shape index (κ1) is 23.5. The molecule has 32 heavy (non-hydrogen) atoms. The molecule has 2 atom stereocenters. The van der Waals surface area contributed by atoms with Gasteiger partial charge in [0, 0.05) is 18.5 Å². The van der Waals surface area contributed by atoms with Gasteiger partial charge in [-0.3, -0.25) is 4.79 Å². The van der Waals surface area contributed by atoms with Crippen LogP contribution in [-0.4, -0.2) is 51.0 Å². The maximum absolute atomic E-state index is 13.5. The van der Waals surface area contributed by atoms with E-state index in [0.717, 1.165) is 12.8 Å². The monoisotopic (exact) mass is 458 g/mol. The molecule has 1 fully saturated rings. The van der Waals surface area contributed by atoms with Gasteiger partial charge in [0.15, 0.2) is 0 Å². The number of piperidine rings is 1. The zero-order valence-electron chi connectivity index (χ0n) is 18.5. The fourth-order valence-corrected chi connectivity index (χ4v) is 3.75. The summed E-state index contributed by atoms with van der Waals surface area (Å²) in [7, 11) is 0. The first-order valence-electron chi connectivity index (χ1n) is 10.5. The van der Waals surface area contributed by atoms with Gasteiger partial charge in [-0.1, -0.05) is 18.7 Å². The van der Waals surface area contributed by atoms with E-state index in [1.165, 1.54) is 11.7 Å². The lowest BCUT2D eigenvalue weighted by Crippen LogP contribution is -2.46. The molecular formula is C23H27ClN4O4. The fourth-order valence-electron chi connectivity index (χ4n) is 3.57. The lowest BCUT2D eigenvalue weighted by Gasteiger charge is -2.38. The first-order valence-corrected chi connectivity index (χ1v) is 10.9. The van der Waals surface area contributed by atoms with Gasteiger partial charge in [0.1, 0.15) is 5.76 Å². The summed E-state index contributed by atoms with van der Waals surface area (Å²) in [4.78, 5) is 28.6. The molecule has 0 spiro atoms. The minimum absolute atomic E-state index is 0.0393. The van der Waals surface area contributed by atoms with Crippen LogP contribution in [0.2, 0.25) is 0 Å². The molecule has 2 aromatic rings. The average molecular weight is 459 g/mol. The summed E-state index contributed by atoms with van der Waals surface area (Å²) < 4.78 is 10.6. The molecule has 1 saturated heterocycles. The lowest BCUT2D eigenvalue weighted by molar-refractivity contribution is -0.138. The third kappa shape index (κ3) is 5.19. The molecule has 1 aliphatic heterocycles. The number of rotatable bonds is 7. The third-order valence-corrected chi connectivity index (χ3v) is 5.82. The van der Waals surface area contributed by atoms with Crippen LogP contribution in [-0.2, 0) is 14.3 Å². The van der Waals surface area contributed by atoms with Gasteiger partial charge in [0.25, 0.3) is 5.91 Å². The molecule has 3 rings (SSSR count). The van der Waals surface area contributed by atoms with Crippen LogP contribution in [0.1, 0.15) is 44.0 Å². The third-order valence-electron chi connectivity index (χ3n) is 5.46. The Kier molecular flexibility index (Phi) is 7.69. The van der Waals surface area contributed by atoms with Gasteiger partial charge in [0.2, 0.25) is 5.22 Å². The summed E-state index contributed by atoms with van der Waals surface area (Å²) in [5, 5.41) is 8.24. The molecule has 1 aromatic heterocycles. The number of para-hydroxylation sites is 1. The van der Waals surface area contributed by atoms with E-state index in [-0.39, 0.29) is 35.3 Å². The molecule has 9 heteroatoms. The van der Waals surface area contributed by atoms with Gasteiger partial charge in [-0.05, 0) is 57.3 Å². The highest BCUT2D eigenvalue weighted by Gasteiger charge is 2.33. The second-order valence-electron chi connectivity index (χ2n) is 7.60. The first-order chi connectivity index (χ1) is 15.3. The Morgan fingerprint density at radius 2 is 1.91 bits per heavy atom. The molecule has 0 bridgehead atoms. The Morgan fingerprint density at radius 1 is 1.22 bits per heavy atom. The number of ether oxygens (including phenoxy) is 2. The lowest BCUT2D eigenvalue weighted by atomic mass is 9.91. The number of hydrogen-bond acceptors (Lipinski definition) is 6. The number of esters is 1. The topological polar surface area (TPSA) is 86.5 Å². The average Bonchev–Trinajstić information content (AvgIpc) is 3.33.